The highest BCUT2D eigenvalue weighted by Gasteiger charge is 2.27. The van der Waals surface area contributed by atoms with Crippen LogP contribution in [0.5, 0.6) is 0 Å². The molecular formula is C11H18O3. The first-order valence-corrected chi connectivity index (χ1v) is 5.34. The van der Waals surface area contributed by atoms with Gasteiger partial charge in [0.1, 0.15) is 5.78 Å². The van der Waals surface area contributed by atoms with Crippen LogP contribution in [-0.4, -0.2) is 18.4 Å². The molecular weight excluding hydrogens is 180 g/mol. The molecule has 0 heterocycles. The van der Waals surface area contributed by atoms with Gasteiger partial charge in [0.2, 0.25) is 0 Å². The summed E-state index contributed by atoms with van der Waals surface area (Å²) in [5.41, 5.74) is 0. The highest BCUT2D eigenvalue weighted by atomic mass is 16.5. The van der Waals surface area contributed by atoms with E-state index in [-0.39, 0.29) is 23.6 Å². The summed E-state index contributed by atoms with van der Waals surface area (Å²) in [7, 11) is 0. The Morgan fingerprint density at radius 1 is 1.43 bits per heavy atom. The van der Waals surface area contributed by atoms with Gasteiger partial charge in [-0.1, -0.05) is 6.92 Å². The molecule has 0 amide bonds. The zero-order valence-corrected chi connectivity index (χ0v) is 8.91. The lowest BCUT2D eigenvalue weighted by Crippen LogP contribution is -2.17. The molecule has 0 saturated heterocycles. The maximum Gasteiger partial charge on any atom is 0.308 e. The largest absolute Gasteiger partial charge is 0.466 e. The number of ether oxygens (including phenoxy) is 1. The predicted octanol–water partition coefficient (Wildman–Crippen LogP) is 1.94. The first-order valence-electron chi connectivity index (χ1n) is 5.34. The van der Waals surface area contributed by atoms with Gasteiger partial charge in [0.05, 0.1) is 12.5 Å². The molecule has 1 saturated carbocycles. The Kier molecular flexibility index (Phi) is 4.11. The second-order valence-electron chi connectivity index (χ2n) is 3.93. The van der Waals surface area contributed by atoms with Crippen molar-refractivity contribution in [1.29, 1.82) is 0 Å². The molecule has 80 valence electrons. The van der Waals surface area contributed by atoms with E-state index in [9.17, 15) is 9.59 Å². The number of rotatable bonds is 2. The molecule has 2 atom stereocenters. The molecule has 1 rings (SSSR count). The minimum absolute atomic E-state index is 0.0520. The minimum Gasteiger partial charge on any atom is -0.466 e. The first-order chi connectivity index (χ1) is 6.65. The van der Waals surface area contributed by atoms with Crippen LogP contribution in [0.25, 0.3) is 0 Å². The van der Waals surface area contributed by atoms with Crippen LogP contribution in [0.2, 0.25) is 0 Å². The highest BCUT2D eigenvalue weighted by molar-refractivity contribution is 5.82. The van der Waals surface area contributed by atoms with Crippen molar-refractivity contribution in [3.05, 3.63) is 0 Å². The Hall–Kier alpha value is -0.860. The zero-order chi connectivity index (χ0) is 10.6. The molecule has 1 aliphatic carbocycles. The maximum absolute atomic E-state index is 11.4. The van der Waals surface area contributed by atoms with Crippen LogP contribution in [-0.2, 0) is 14.3 Å². The molecule has 0 N–H and O–H groups in total. The summed E-state index contributed by atoms with van der Waals surface area (Å²) in [5, 5.41) is 0. The second-order valence-corrected chi connectivity index (χ2v) is 3.93. The van der Waals surface area contributed by atoms with Crippen LogP contribution in [0.15, 0.2) is 0 Å². The molecule has 0 radical (unpaired) electrons. The number of carbonyl (C=O) groups excluding carboxylic acids is 2. The highest BCUT2D eigenvalue weighted by Crippen LogP contribution is 2.25. The van der Waals surface area contributed by atoms with Gasteiger partial charge in [-0.3, -0.25) is 9.59 Å². The van der Waals surface area contributed by atoms with Crippen molar-refractivity contribution < 1.29 is 14.3 Å². The summed E-state index contributed by atoms with van der Waals surface area (Å²) in [6.45, 7) is 4.18. The van der Waals surface area contributed by atoms with E-state index in [4.69, 9.17) is 4.74 Å². The quantitative estimate of drug-likeness (QED) is 0.503. The van der Waals surface area contributed by atoms with Crippen molar-refractivity contribution in [2.45, 2.75) is 39.5 Å². The maximum atomic E-state index is 11.4. The second kappa shape index (κ2) is 5.13. The number of esters is 1. The number of ketones is 1. The fraction of sp³-hybridized carbons (Fsp3) is 0.818. The van der Waals surface area contributed by atoms with E-state index in [2.05, 4.69) is 0 Å². The van der Waals surface area contributed by atoms with Crippen LogP contribution in [0.3, 0.4) is 0 Å². The smallest absolute Gasteiger partial charge is 0.308 e. The lowest BCUT2D eigenvalue weighted by Gasteiger charge is -2.11. The fourth-order valence-corrected chi connectivity index (χ4v) is 1.82. The third-order valence-corrected chi connectivity index (χ3v) is 2.86. The van der Waals surface area contributed by atoms with Gasteiger partial charge in [-0.05, 0) is 26.2 Å². The van der Waals surface area contributed by atoms with Gasteiger partial charge in [0.25, 0.3) is 0 Å². The Morgan fingerprint density at radius 3 is 2.79 bits per heavy atom. The summed E-state index contributed by atoms with van der Waals surface area (Å²) < 4.78 is 4.96. The number of Topliss-reactive ketones (excluding diaryl/α,β-unsaturated/α-hetero) is 1. The summed E-state index contributed by atoms with van der Waals surface area (Å²) in [6, 6.07) is 0. The fourth-order valence-electron chi connectivity index (χ4n) is 1.82. The molecule has 1 aliphatic rings. The molecule has 14 heavy (non-hydrogen) atoms. The Bertz CT molecular complexity index is 223. The number of carbonyl (C=O) groups is 2. The van der Waals surface area contributed by atoms with E-state index in [1.807, 2.05) is 13.8 Å². The van der Waals surface area contributed by atoms with E-state index < -0.39 is 0 Å². The normalized spacial score (nSPS) is 28.3. The van der Waals surface area contributed by atoms with Crippen molar-refractivity contribution in [1.82, 2.24) is 0 Å². The first kappa shape index (κ1) is 11.2. The summed E-state index contributed by atoms with van der Waals surface area (Å²) in [5.74, 6) is 0.226. The summed E-state index contributed by atoms with van der Waals surface area (Å²) >= 11 is 0. The number of hydrogen-bond acceptors (Lipinski definition) is 3. The van der Waals surface area contributed by atoms with Gasteiger partial charge in [0.15, 0.2) is 0 Å². The van der Waals surface area contributed by atoms with Gasteiger partial charge < -0.3 is 4.74 Å². The Morgan fingerprint density at radius 2 is 2.14 bits per heavy atom. The average molecular weight is 198 g/mol. The average Bonchev–Trinajstić information content (AvgIpc) is 2.31. The van der Waals surface area contributed by atoms with E-state index in [1.165, 1.54) is 0 Å². The standard InChI is InChI=1S/C11H18O3/c1-3-14-11(13)9-5-4-8(2)10(12)7-6-9/h8-9H,3-7H2,1-2H3. The molecule has 3 heteroatoms. The van der Waals surface area contributed by atoms with Crippen molar-refractivity contribution in [3.8, 4) is 0 Å². The SMILES string of the molecule is CCOC(=O)C1CCC(=O)C(C)CC1. The molecule has 0 bridgehead atoms. The molecule has 2 unspecified atom stereocenters. The van der Waals surface area contributed by atoms with Crippen LogP contribution in [0.1, 0.15) is 39.5 Å². The predicted molar refractivity (Wildman–Crippen MR) is 52.8 cm³/mol. The van der Waals surface area contributed by atoms with Crippen molar-refractivity contribution in [3.63, 3.8) is 0 Å². The molecule has 0 aromatic heterocycles. The third kappa shape index (κ3) is 2.82. The minimum atomic E-state index is -0.130. The molecule has 1 fully saturated rings. The van der Waals surface area contributed by atoms with E-state index in [0.717, 1.165) is 12.8 Å². The molecule has 0 aliphatic heterocycles. The van der Waals surface area contributed by atoms with Gasteiger partial charge >= 0.3 is 5.97 Å². The van der Waals surface area contributed by atoms with Crippen LogP contribution < -0.4 is 0 Å². The van der Waals surface area contributed by atoms with Gasteiger partial charge in [-0.2, -0.15) is 0 Å². The van der Waals surface area contributed by atoms with Gasteiger partial charge in [-0.25, -0.2) is 0 Å². The van der Waals surface area contributed by atoms with E-state index >= 15 is 0 Å². The zero-order valence-electron chi connectivity index (χ0n) is 8.91. The summed E-state index contributed by atoms with van der Waals surface area (Å²) in [6.07, 6.45) is 2.82. The van der Waals surface area contributed by atoms with Crippen LogP contribution in [0, 0.1) is 11.8 Å². The summed E-state index contributed by atoms with van der Waals surface area (Å²) in [4.78, 5) is 22.8. The third-order valence-electron chi connectivity index (χ3n) is 2.86. The topological polar surface area (TPSA) is 43.4 Å². The molecule has 3 nitrogen and oxygen atoms in total. The Balaban J connectivity index is 2.49. The Labute approximate surface area is 84.8 Å². The van der Waals surface area contributed by atoms with Crippen molar-refractivity contribution in [2.24, 2.45) is 11.8 Å². The van der Waals surface area contributed by atoms with Crippen molar-refractivity contribution >= 4 is 11.8 Å². The van der Waals surface area contributed by atoms with E-state index in [1.54, 1.807) is 0 Å². The van der Waals surface area contributed by atoms with Gasteiger partial charge in [0, 0.05) is 12.3 Å². The molecule has 0 spiro atoms. The molecule has 0 aromatic carbocycles. The van der Waals surface area contributed by atoms with Crippen LogP contribution in [0.4, 0.5) is 0 Å². The number of hydrogen-bond donors (Lipinski definition) is 0. The van der Waals surface area contributed by atoms with Gasteiger partial charge in [-0.15, -0.1) is 0 Å². The van der Waals surface area contributed by atoms with Crippen LogP contribution >= 0.6 is 0 Å². The lowest BCUT2D eigenvalue weighted by atomic mass is 9.99. The lowest BCUT2D eigenvalue weighted by molar-refractivity contribution is -0.148. The monoisotopic (exact) mass is 198 g/mol. The van der Waals surface area contributed by atoms with Crippen molar-refractivity contribution in [2.75, 3.05) is 6.61 Å². The molecule has 0 aromatic rings. The van der Waals surface area contributed by atoms with E-state index in [0.29, 0.717) is 19.4 Å².